The Hall–Kier alpha value is -0.880. The molecule has 5 nitrogen and oxygen atoms in total. The standard InChI is InChI=1S/C9H12BrN3O2/c1-9(2-3-15-5-9)12-6-4-11-13-8(14)7(6)10/h4H,2-3,5H2,1H3,(H2,12,13,14). The van der Waals surface area contributed by atoms with Gasteiger partial charge in [0.05, 0.1) is 24.0 Å². The van der Waals surface area contributed by atoms with Gasteiger partial charge in [0.25, 0.3) is 5.56 Å². The van der Waals surface area contributed by atoms with Crippen molar-refractivity contribution in [3.05, 3.63) is 21.0 Å². The molecule has 1 atom stereocenters. The number of hydrogen-bond acceptors (Lipinski definition) is 4. The van der Waals surface area contributed by atoms with E-state index in [1.807, 2.05) is 0 Å². The zero-order chi connectivity index (χ0) is 10.9. The molecule has 1 saturated heterocycles. The fourth-order valence-corrected chi connectivity index (χ4v) is 1.85. The Balaban J connectivity index is 2.24. The maximum Gasteiger partial charge on any atom is 0.280 e. The molecule has 1 aliphatic rings. The van der Waals surface area contributed by atoms with Gasteiger partial charge in [-0.3, -0.25) is 4.79 Å². The molecule has 1 unspecified atom stereocenters. The SMILES string of the molecule is CC1(Nc2cn[nH]c(=O)c2Br)CCOC1. The van der Waals surface area contributed by atoms with Gasteiger partial charge in [-0.15, -0.1) is 0 Å². The lowest BCUT2D eigenvalue weighted by molar-refractivity contribution is 0.185. The van der Waals surface area contributed by atoms with E-state index < -0.39 is 0 Å². The van der Waals surface area contributed by atoms with Crippen LogP contribution in [-0.2, 0) is 4.74 Å². The Bertz CT molecular complexity index is 412. The molecule has 1 aromatic rings. The maximum absolute atomic E-state index is 11.3. The van der Waals surface area contributed by atoms with Gasteiger partial charge in [0.1, 0.15) is 4.47 Å². The van der Waals surface area contributed by atoms with E-state index in [9.17, 15) is 4.79 Å². The molecule has 0 radical (unpaired) electrons. The molecular weight excluding hydrogens is 262 g/mol. The molecule has 0 aliphatic carbocycles. The topological polar surface area (TPSA) is 67.0 Å². The Morgan fingerprint density at radius 3 is 3.20 bits per heavy atom. The van der Waals surface area contributed by atoms with Crippen molar-refractivity contribution in [2.24, 2.45) is 0 Å². The molecule has 0 amide bonds. The highest BCUT2D eigenvalue weighted by atomic mass is 79.9. The molecule has 2 heterocycles. The number of aromatic amines is 1. The zero-order valence-electron chi connectivity index (χ0n) is 8.34. The van der Waals surface area contributed by atoms with E-state index in [-0.39, 0.29) is 11.1 Å². The number of rotatable bonds is 2. The average molecular weight is 274 g/mol. The van der Waals surface area contributed by atoms with Crippen molar-refractivity contribution in [3.63, 3.8) is 0 Å². The highest BCUT2D eigenvalue weighted by Gasteiger charge is 2.30. The van der Waals surface area contributed by atoms with Crippen LogP contribution < -0.4 is 10.9 Å². The number of ether oxygens (including phenoxy) is 1. The molecule has 1 aromatic heterocycles. The molecule has 2 rings (SSSR count). The van der Waals surface area contributed by atoms with E-state index in [0.717, 1.165) is 13.0 Å². The number of nitrogens with zero attached hydrogens (tertiary/aromatic N) is 1. The first-order valence-corrected chi connectivity index (χ1v) is 5.49. The van der Waals surface area contributed by atoms with Crippen LogP contribution in [0.15, 0.2) is 15.5 Å². The van der Waals surface area contributed by atoms with Gasteiger partial charge in [-0.1, -0.05) is 0 Å². The first-order chi connectivity index (χ1) is 7.11. The molecule has 82 valence electrons. The van der Waals surface area contributed by atoms with Gasteiger partial charge in [-0.05, 0) is 29.3 Å². The second-order valence-electron chi connectivity index (χ2n) is 3.92. The minimum absolute atomic E-state index is 0.113. The van der Waals surface area contributed by atoms with Crippen molar-refractivity contribution in [1.29, 1.82) is 0 Å². The van der Waals surface area contributed by atoms with Crippen molar-refractivity contribution in [2.45, 2.75) is 18.9 Å². The molecule has 0 aromatic carbocycles. The van der Waals surface area contributed by atoms with Gasteiger partial charge >= 0.3 is 0 Å². The van der Waals surface area contributed by atoms with E-state index in [4.69, 9.17) is 4.74 Å². The molecule has 15 heavy (non-hydrogen) atoms. The molecular formula is C9H12BrN3O2. The quantitative estimate of drug-likeness (QED) is 0.848. The van der Waals surface area contributed by atoms with Gasteiger partial charge in [0.2, 0.25) is 0 Å². The van der Waals surface area contributed by atoms with Crippen molar-refractivity contribution in [3.8, 4) is 0 Å². The van der Waals surface area contributed by atoms with Crippen LogP contribution in [0.4, 0.5) is 5.69 Å². The highest BCUT2D eigenvalue weighted by molar-refractivity contribution is 9.10. The number of halogens is 1. The molecule has 1 fully saturated rings. The molecule has 0 spiro atoms. The Kier molecular flexibility index (Phi) is 2.79. The highest BCUT2D eigenvalue weighted by Crippen LogP contribution is 2.26. The molecule has 2 N–H and O–H groups in total. The summed E-state index contributed by atoms with van der Waals surface area (Å²) in [6.45, 7) is 3.46. The van der Waals surface area contributed by atoms with E-state index in [2.05, 4.69) is 38.4 Å². The van der Waals surface area contributed by atoms with Gasteiger partial charge in [-0.25, -0.2) is 5.10 Å². The largest absolute Gasteiger partial charge is 0.379 e. The van der Waals surface area contributed by atoms with Crippen LogP contribution in [0, 0.1) is 0 Å². The summed E-state index contributed by atoms with van der Waals surface area (Å²) >= 11 is 3.22. The Labute approximate surface area is 95.4 Å². The maximum atomic E-state index is 11.3. The summed E-state index contributed by atoms with van der Waals surface area (Å²) in [5.74, 6) is 0. The summed E-state index contributed by atoms with van der Waals surface area (Å²) in [7, 11) is 0. The van der Waals surface area contributed by atoms with Crippen LogP contribution in [-0.4, -0.2) is 29.0 Å². The second kappa shape index (κ2) is 3.94. The summed E-state index contributed by atoms with van der Waals surface area (Å²) in [6.07, 6.45) is 2.52. The summed E-state index contributed by atoms with van der Waals surface area (Å²) in [4.78, 5) is 11.3. The van der Waals surface area contributed by atoms with Crippen LogP contribution >= 0.6 is 15.9 Å². The normalized spacial score (nSPS) is 25.5. The smallest absolute Gasteiger partial charge is 0.280 e. The van der Waals surface area contributed by atoms with E-state index >= 15 is 0 Å². The van der Waals surface area contributed by atoms with Crippen LogP contribution in [0.25, 0.3) is 0 Å². The first-order valence-electron chi connectivity index (χ1n) is 4.70. The number of hydrogen-bond donors (Lipinski definition) is 2. The van der Waals surface area contributed by atoms with Gasteiger partial charge in [-0.2, -0.15) is 5.10 Å². The third kappa shape index (κ3) is 2.21. The van der Waals surface area contributed by atoms with Crippen LogP contribution in [0.5, 0.6) is 0 Å². The lowest BCUT2D eigenvalue weighted by Gasteiger charge is -2.24. The van der Waals surface area contributed by atoms with E-state index in [0.29, 0.717) is 16.8 Å². The van der Waals surface area contributed by atoms with Crippen LogP contribution in [0.3, 0.4) is 0 Å². The minimum Gasteiger partial charge on any atom is -0.379 e. The lowest BCUT2D eigenvalue weighted by atomic mass is 10.0. The summed E-state index contributed by atoms with van der Waals surface area (Å²) < 4.78 is 5.80. The second-order valence-corrected chi connectivity index (χ2v) is 4.71. The van der Waals surface area contributed by atoms with E-state index in [1.165, 1.54) is 0 Å². The molecule has 0 bridgehead atoms. The zero-order valence-corrected chi connectivity index (χ0v) is 9.93. The summed E-state index contributed by atoms with van der Waals surface area (Å²) in [5.41, 5.74) is 0.354. The third-order valence-corrected chi connectivity index (χ3v) is 3.24. The van der Waals surface area contributed by atoms with Gasteiger partial charge in [0.15, 0.2) is 0 Å². The number of anilines is 1. The predicted molar refractivity (Wildman–Crippen MR) is 60.0 cm³/mol. The Morgan fingerprint density at radius 2 is 2.53 bits per heavy atom. The monoisotopic (exact) mass is 273 g/mol. The number of aromatic nitrogens is 2. The van der Waals surface area contributed by atoms with Crippen molar-refractivity contribution in [2.75, 3.05) is 18.5 Å². The molecule has 6 heteroatoms. The Morgan fingerprint density at radius 1 is 1.73 bits per heavy atom. The van der Waals surface area contributed by atoms with Crippen molar-refractivity contribution >= 4 is 21.6 Å². The molecule has 0 saturated carbocycles. The van der Waals surface area contributed by atoms with E-state index in [1.54, 1.807) is 6.20 Å². The predicted octanol–water partition coefficient (Wildman–Crippen LogP) is 1.12. The molecule has 1 aliphatic heterocycles. The van der Waals surface area contributed by atoms with Gasteiger partial charge < -0.3 is 10.1 Å². The van der Waals surface area contributed by atoms with Crippen LogP contribution in [0.1, 0.15) is 13.3 Å². The third-order valence-electron chi connectivity index (χ3n) is 2.45. The summed E-state index contributed by atoms with van der Waals surface area (Å²) in [6, 6.07) is 0. The lowest BCUT2D eigenvalue weighted by Crippen LogP contribution is -2.35. The van der Waals surface area contributed by atoms with Crippen LogP contribution in [0.2, 0.25) is 0 Å². The fourth-order valence-electron chi connectivity index (χ4n) is 1.56. The summed E-state index contributed by atoms with van der Waals surface area (Å²) in [5, 5.41) is 9.37. The average Bonchev–Trinajstić information content (AvgIpc) is 2.60. The number of H-pyrrole nitrogens is 1. The first kappa shape index (κ1) is 10.6. The minimum atomic E-state index is -0.234. The number of nitrogens with one attached hydrogen (secondary N) is 2. The van der Waals surface area contributed by atoms with Crippen molar-refractivity contribution < 1.29 is 4.74 Å². The van der Waals surface area contributed by atoms with Gasteiger partial charge in [0, 0.05) is 6.61 Å². The fraction of sp³-hybridized carbons (Fsp3) is 0.556. The van der Waals surface area contributed by atoms with Crippen molar-refractivity contribution in [1.82, 2.24) is 10.2 Å².